The van der Waals surface area contributed by atoms with Gasteiger partial charge >= 0.3 is 0 Å². The van der Waals surface area contributed by atoms with Gasteiger partial charge in [0.1, 0.15) is 12.4 Å². The average Bonchev–Trinajstić information content (AvgIpc) is 2.40. The fourth-order valence-corrected chi connectivity index (χ4v) is 1.81. The predicted octanol–water partition coefficient (Wildman–Crippen LogP) is 4.44. The van der Waals surface area contributed by atoms with E-state index in [0.29, 0.717) is 28.0 Å². The van der Waals surface area contributed by atoms with Crippen molar-refractivity contribution >= 4 is 23.2 Å². The quantitative estimate of drug-likeness (QED) is 0.831. The molecule has 0 radical (unpaired) electrons. The van der Waals surface area contributed by atoms with Crippen LogP contribution in [0.4, 0.5) is 0 Å². The molecule has 2 rings (SSSR count). The first-order valence-electron chi connectivity index (χ1n) is 5.26. The Labute approximate surface area is 115 Å². The molecule has 0 saturated heterocycles. The number of ether oxygens (including phenoxy) is 1. The number of halogens is 2. The molecule has 0 unspecified atom stereocenters. The summed E-state index contributed by atoms with van der Waals surface area (Å²) in [6, 6.07) is 14.4. The molecule has 0 atom stereocenters. The molecule has 0 amide bonds. The van der Waals surface area contributed by atoms with E-state index in [2.05, 4.69) is 6.07 Å². The van der Waals surface area contributed by atoms with Crippen molar-refractivity contribution in [1.29, 1.82) is 5.26 Å². The highest BCUT2D eigenvalue weighted by atomic mass is 35.5. The highest BCUT2D eigenvalue weighted by Crippen LogP contribution is 2.28. The average molecular weight is 278 g/mol. The van der Waals surface area contributed by atoms with Crippen molar-refractivity contribution in [1.82, 2.24) is 0 Å². The molecule has 18 heavy (non-hydrogen) atoms. The van der Waals surface area contributed by atoms with Gasteiger partial charge in [0.15, 0.2) is 0 Å². The van der Waals surface area contributed by atoms with Crippen LogP contribution in [0.15, 0.2) is 42.5 Å². The summed E-state index contributed by atoms with van der Waals surface area (Å²) in [6.07, 6.45) is 0. The molecular weight excluding hydrogens is 269 g/mol. The summed E-state index contributed by atoms with van der Waals surface area (Å²) < 4.78 is 5.58. The first kappa shape index (κ1) is 12.8. The Morgan fingerprint density at radius 1 is 1.11 bits per heavy atom. The maximum Gasteiger partial charge on any atom is 0.139 e. The second-order valence-electron chi connectivity index (χ2n) is 3.68. The highest BCUT2D eigenvalue weighted by Gasteiger charge is 2.03. The minimum atomic E-state index is 0.343. The van der Waals surface area contributed by atoms with Crippen molar-refractivity contribution in [3.8, 4) is 11.8 Å². The van der Waals surface area contributed by atoms with Crippen LogP contribution in [0.3, 0.4) is 0 Å². The van der Waals surface area contributed by atoms with E-state index in [4.69, 9.17) is 33.2 Å². The van der Waals surface area contributed by atoms with Crippen molar-refractivity contribution < 1.29 is 4.74 Å². The zero-order valence-electron chi connectivity index (χ0n) is 9.36. The summed E-state index contributed by atoms with van der Waals surface area (Å²) in [7, 11) is 0. The predicted molar refractivity (Wildman–Crippen MR) is 72.0 cm³/mol. The standard InChI is InChI=1S/C14H9Cl2NO/c15-12-4-5-13(16)14(7-12)18-9-11-3-1-2-10(6-11)8-17/h1-7H,9H2. The van der Waals surface area contributed by atoms with Gasteiger partial charge in [-0.3, -0.25) is 0 Å². The second-order valence-corrected chi connectivity index (χ2v) is 4.52. The third-order valence-corrected chi connectivity index (χ3v) is 2.89. The summed E-state index contributed by atoms with van der Waals surface area (Å²) in [5.74, 6) is 0.534. The minimum Gasteiger partial charge on any atom is -0.487 e. The lowest BCUT2D eigenvalue weighted by molar-refractivity contribution is 0.306. The molecule has 0 N–H and O–H groups in total. The van der Waals surface area contributed by atoms with Crippen LogP contribution < -0.4 is 4.74 Å². The van der Waals surface area contributed by atoms with E-state index < -0.39 is 0 Å². The van der Waals surface area contributed by atoms with Crippen LogP contribution >= 0.6 is 23.2 Å². The van der Waals surface area contributed by atoms with Crippen molar-refractivity contribution in [2.24, 2.45) is 0 Å². The molecule has 4 heteroatoms. The van der Waals surface area contributed by atoms with E-state index in [1.807, 2.05) is 12.1 Å². The Hall–Kier alpha value is -1.69. The summed E-state index contributed by atoms with van der Waals surface area (Å²) in [6.45, 7) is 0.343. The molecule has 2 nitrogen and oxygen atoms in total. The molecular formula is C14H9Cl2NO. The Balaban J connectivity index is 2.11. The number of nitriles is 1. The molecule has 0 aliphatic rings. The molecule has 0 saturated carbocycles. The van der Waals surface area contributed by atoms with Gasteiger partial charge in [0.2, 0.25) is 0 Å². The molecule has 2 aromatic carbocycles. The van der Waals surface area contributed by atoms with E-state index in [0.717, 1.165) is 5.56 Å². The summed E-state index contributed by atoms with van der Waals surface area (Å²) in [4.78, 5) is 0. The van der Waals surface area contributed by atoms with Gasteiger partial charge in [0.25, 0.3) is 0 Å². The van der Waals surface area contributed by atoms with Crippen LogP contribution in [0.25, 0.3) is 0 Å². The van der Waals surface area contributed by atoms with Gasteiger partial charge in [-0.15, -0.1) is 0 Å². The van der Waals surface area contributed by atoms with Crippen LogP contribution in [-0.4, -0.2) is 0 Å². The maximum absolute atomic E-state index is 8.80. The third kappa shape index (κ3) is 3.16. The fraction of sp³-hybridized carbons (Fsp3) is 0.0714. The minimum absolute atomic E-state index is 0.343. The maximum atomic E-state index is 8.80. The lowest BCUT2D eigenvalue weighted by Gasteiger charge is -2.08. The van der Waals surface area contributed by atoms with Crippen LogP contribution in [0.5, 0.6) is 5.75 Å². The van der Waals surface area contributed by atoms with Crippen molar-refractivity contribution in [2.45, 2.75) is 6.61 Å². The van der Waals surface area contributed by atoms with Crippen molar-refractivity contribution in [3.63, 3.8) is 0 Å². The summed E-state index contributed by atoms with van der Waals surface area (Å²) in [5.41, 5.74) is 1.51. The van der Waals surface area contributed by atoms with E-state index >= 15 is 0 Å². The Kier molecular flexibility index (Phi) is 4.09. The molecule has 0 aliphatic carbocycles. The molecule has 0 fully saturated rings. The van der Waals surface area contributed by atoms with Gasteiger partial charge in [-0.05, 0) is 29.8 Å². The van der Waals surface area contributed by atoms with Crippen molar-refractivity contribution in [3.05, 3.63) is 63.6 Å². The molecule has 0 aromatic heterocycles. The van der Waals surface area contributed by atoms with Gasteiger partial charge in [0.05, 0.1) is 16.7 Å². The lowest BCUT2D eigenvalue weighted by Crippen LogP contribution is -1.96. The Morgan fingerprint density at radius 2 is 1.94 bits per heavy atom. The molecule has 90 valence electrons. The van der Waals surface area contributed by atoms with Gasteiger partial charge in [-0.2, -0.15) is 5.26 Å². The van der Waals surface area contributed by atoms with E-state index in [1.54, 1.807) is 30.3 Å². The van der Waals surface area contributed by atoms with Crippen LogP contribution in [0.2, 0.25) is 10.0 Å². The summed E-state index contributed by atoms with van der Waals surface area (Å²) >= 11 is 11.8. The number of hydrogen-bond donors (Lipinski definition) is 0. The van der Waals surface area contributed by atoms with Crippen LogP contribution in [0, 0.1) is 11.3 Å². The van der Waals surface area contributed by atoms with Crippen LogP contribution in [-0.2, 0) is 6.61 Å². The molecule has 0 aliphatic heterocycles. The number of hydrogen-bond acceptors (Lipinski definition) is 2. The summed E-state index contributed by atoms with van der Waals surface area (Å²) in [5, 5.41) is 9.88. The first-order valence-corrected chi connectivity index (χ1v) is 6.01. The lowest BCUT2D eigenvalue weighted by atomic mass is 10.1. The first-order chi connectivity index (χ1) is 8.69. The van der Waals surface area contributed by atoms with Gasteiger partial charge in [-0.1, -0.05) is 35.3 Å². The largest absolute Gasteiger partial charge is 0.487 e. The number of benzene rings is 2. The Morgan fingerprint density at radius 3 is 2.72 bits per heavy atom. The van der Waals surface area contributed by atoms with Crippen molar-refractivity contribution in [2.75, 3.05) is 0 Å². The zero-order chi connectivity index (χ0) is 13.0. The Bertz CT molecular complexity index is 605. The van der Waals surface area contributed by atoms with Gasteiger partial charge in [-0.25, -0.2) is 0 Å². The normalized spacial score (nSPS) is 9.83. The second kappa shape index (κ2) is 5.77. The SMILES string of the molecule is N#Cc1cccc(COc2cc(Cl)ccc2Cl)c1. The molecule has 0 bridgehead atoms. The van der Waals surface area contributed by atoms with E-state index in [1.165, 1.54) is 0 Å². The van der Waals surface area contributed by atoms with E-state index in [-0.39, 0.29) is 0 Å². The smallest absolute Gasteiger partial charge is 0.139 e. The number of rotatable bonds is 3. The molecule has 2 aromatic rings. The molecule has 0 heterocycles. The number of nitrogens with zero attached hydrogens (tertiary/aromatic N) is 1. The molecule has 0 spiro atoms. The monoisotopic (exact) mass is 277 g/mol. The fourth-order valence-electron chi connectivity index (χ4n) is 1.48. The van der Waals surface area contributed by atoms with E-state index in [9.17, 15) is 0 Å². The van der Waals surface area contributed by atoms with Gasteiger partial charge < -0.3 is 4.74 Å². The zero-order valence-corrected chi connectivity index (χ0v) is 10.9. The van der Waals surface area contributed by atoms with Crippen LogP contribution in [0.1, 0.15) is 11.1 Å². The third-order valence-electron chi connectivity index (χ3n) is 2.34. The highest BCUT2D eigenvalue weighted by molar-refractivity contribution is 6.34. The topological polar surface area (TPSA) is 33.0 Å². The van der Waals surface area contributed by atoms with Gasteiger partial charge in [0, 0.05) is 11.1 Å².